The van der Waals surface area contributed by atoms with E-state index in [1.54, 1.807) is 0 Å². The molecule has 19 heavy (non-hydrogen) atoms. The van der Waals surface area contributed by atoms with Gasteiger partial charge in [-0.25, -0.2) is 13.1 Å². The highest BCUT2D eigenvalue weighted by Gasteiger charge is 2.21. The Balaban J connectivity index is 0.00000324. The first kappa shape index (κ1) is 18.4. The number of hydrogen-bond donors (Lipinski definition) is 2. The maximum atomic E-state index is 11.8. The van der Waals surface area contributed by atoms with Gasteiger partial charge in [0.05, 0.1) is 5.75 Å². The number of benzene rings is 1. The summed E-state index contributed by atoms with van der Waals surface area (Å²) < 4.78 is 26.2. The van der Waals surface area contributed by atoms with E-state index in [1.807, 2.05) is 51.1 Å². The third-order valence-corrected chi connectivity index (χ3v) is 4.23. The van der Waals surface area contributed by atoms with E-state index in [2.05, 4.69) is 4.72 Å². The summed E-state index contributed by atoms with van der Waals surface area (Å²) in [5.74, 6) is 0.0987. The molecule has 0 heterocycles. The molecule has 0 radical (unpaired) electrons. The maximum absolute atomic E-state index is 11.8. The second-order valence-electron chi connectivity index (χ2n) is 5.69. The summed E-state index contributed by atoms with van der Waals surface area (Å²) in [6, 6.07) is 9.14. The van der Waals surface area contributed by atoms with Gasteiger partial charge in [-0.1, -0.05) is 51.1 Å². The van der Waals surface area contributed by atoms with Crippen LogP contribution in [0.2, 0.25) is 0 Å². The van der Waals surface area contributed by atoms with Crippen LogP contribution in [0.1, 0.15) is 32.4 Å². The number of sulfonamides is 1. The summed E-state index contributed by atoms with van der Waals surface area (Å²) in [5.41, 5.74) is 6.60. The number of halogens is 1. The Hall–Kier alpha value is -0.620. The van der Waals surface area contributed by atoms with E-state index in [1.165, 1.54) is 0 Å². The lowest BCUT2D eigenvalue weighted by Crippen LogP contribution is -2.36. The van der Waals surface area contributed by atoms with Crippen LogP contribution < -0.4 is 10.5 Å². The van der Waals surface area contributed by atoms with Crippen molar-refractivity contribution in [3.8, 4) is 0 Å². The summed E-state index contributed by atoms with van der Waals surface area (Å²) in [5, 5.41) is 0. The predicted octanol–water partition coefficient (Wildman–Crippen LogP) is 2.07. The van der Waals surface area contributed by atoms with Crippen molar-refractivity contribution in [3.63, 3.8) is 0 Å². The third-order valence-electron chi connectivity index (χ3n) is 2.37. The average Bonchev–Trinajstić information content (AvgIpc) is 2.24. The van der Waals surface area contributed by atoms with Gasteiger partial charge in [0.1, 0.15) is 0 Å². The van der Waals surface area contributed by atoms with Crippen LogP contribution in [0.3, 0.4) is 0 Å². The van der Waals surface area contributed by atoms with Gasteiger partial charge in [-0.2, -0.15) is 0 Å². The van der Waals surface area contributed by atoms with Crippen LogP contribution in [0.25, 0.3) is 0 Å². The molecule has 1 aromatic carbocycles. The summed E-state index contributed by atoms with van der Waals surface area (Å²) in [6.07, 6.45) is 0. The second kappa shape index (κ2) is 7.24. The minimum absolute atomic E-state index is 0. The molecule has 0 bridgehead atoms. The van der Waals surface area contributed by atoms with E-state index in [-0.39, 0.29) is 36.2 Å². The quantitative estimate of drug-likeness (QED) is 0.875. The molecule has 0 aliphatic heterocycles. The minimum Gasteiger partial charge on any atom is -0.323 e. The van der Waals surface area contributed by atoms with Crippen molar-refractivity contribution in [1.82, 2.24) is 4.72 Å². The van der Waals surface area contributed by atoms with Crippen LogP contribution in [0.4, 0.5) is 0 Å². The highest BCUT2D eigenvalue weighted by atomic mass is 35.5. The smallest absolute Gasteiger partial charge is 0.212 e. The van der Waals surface area contributed by atoms with Crippen molar-refractivity contribution in [2.45, 2.75) is 26.8 Å². The highest BCUT2D eigenvalue weighted by molar-refractivity contribution is 7.89. The Bertz CT molecular complexity index is 469. The van der Waals surface area contributed by atoms with Gasteiger partial charge < -0.3 is 5.73 Å². The van der Waals surface area contributed by atoms with E-state index in [9.17, 15) is 8.42 Å². The molecule has 1 unspecified atom stereocenters. The monoisotopic (exact) mass is 306 g/mol. The van der Waals surface area contributed by atoms with Crippen LogP contribution >= 0.6 is 12.4 Å². The molecule has 3 N–H and O–H groups in total. The zero-order valence-electron chi connectivity index (χ0n) is 11.6. The topological polar surface area (TPSA) is 72.2 Å². The second-order valence-corrected chi connectivity index (χ2v) is 7.49. The largest absolute Gasteiger partial charge is 0.323 e. The number of rotatable bonds is 5. The van der Waals surface area contributed by atoms with Crippen molar-refractivity contribution in [2.75, 3.05) is 12.3 Å². The Labute approximate surface area is 122 Å². The van der Waals surface area contributed by atoms with Gasteiger partial charge in [0.15, 0.2) is 0 Å². The summed E-state index contributed by atoms with van der Waals surface area (Å²) in [4.78, 5) is 0. The van der Waals surface area contributed by atoms with Gasteiger partial charge in [0, 0.05) is 12.6 Å². The fraction of sp³-hybridized carbons (Fsp3) is 0.538. The fourth-order valence-corrected chi connectivity index (χ4v) is 3.33. The molecule has 0 fully saturated rings. The normalized spacial score (nSPS) is 13.7. The van der Waals surface area contributed by atoms with Crippen molar-refractivity contribution in [3.05, 3.63) is 35.9 Å². The first-order valence-electron chi connectivity index (χ1n) is 5.97. The van der Waals surface area contributed by atoms with Crippen LogP contribution in [-0.4, -0.2) is 20.7 Å². The lowest BCUT2D eigenvalue weighted by Gasteiger charge is -2.19. The average molecular weight is 307 g/mol. The Morgan fingerprint density at radius 3 is 2.21 bits per heavy atom. The van der Waals surface area contributed by atoms with Gasteiger partial charge in [-0.3, -0.25) is 0 Å². The fourth-order valence-electron chi connectivity index (χ4n) is 1.66. The Kier molecular flexibility index (Phi) is 7.00. The summed E-state index contributed by atoms with van der Waals surface area (Å²) >= 11 is 0. The van der Waals surface area contributed by atoms with Crippen molar-refractivity contribution in [1.29, 1.82) is 0 Å². The van der Waals surface area contributed by atoms with Gasteiger partial charge in [0.25, 0.3) is 0 Å². The van der Waals surface area contributed by atoms with Crippen LogP contribution in [-0.2, 0) is 10.0 Å². The molecule has 0 aromatic heterocycles. The summed E-state index contributed by atoms with van der Waals surface area (Å²) in [6.45, 7) is 5.90. The van der Waals surface area contributed by atoms with Crippen LogP contribution in [0.5, 0.6) is 0 Å². The Morgan fingerprint density at radius 1 is 1.21 bits per heavy atom. The lowest BCUT2D eigenvalue weighted by atomic mass is 10.0. The first-order valence-corrected chi connectivity index (χ1v) is 7.63. The van der Waals surface area contributed by atoms with Gasteiger partial charge >= 0.3 is 0 Å². The zero-order valence-corrected chi connectivity index (χ0v) is 13.2. The van der Waals surface area contributed by atoms with Crippen LogP contribution in [0, 0.1) is 5.41 Å². The standard InChI is InChI=1S/C13H22N2O2S.ClH/c1-13(2,3)10-18(16,17)15-9-12(14)11-7-5-4-6-8-11;/h4-8,12,15H,9-10,14H2,1-3H3;1H. The van der Waals surface area contributed by atoms with E-state index >= 15 is 0 Å². The minimum atomic E-state index is -3.27. The molecule has 110 valence electrons. The number of hydrogen-bond acceptors (Lipinski definition) is 3. The predicted molar refractivity (Wildman–Crippen MR) is 81.9 cm³/mol. The number of nitrogens with one attached hydrogen (secondary N) is 1. The third kappa shape index (κ3) is 7.52. The molecule has 0 saturated carbocycles. The van der Waals surface area contributed by atoms with Gasteiger partial charge in [-0.05, 0) is 11.0 Å². The zero-order chi connectivity index (χ0) is 13.8. The van der Waals surface area contributed by atoms with Crippen molar-refractivity contribution < 1.29 is 8.42 Å². The molecule has 4 nitrogen and oxygen atoms in total. The van der Waals surface area contributed by atoms with E-state index in [4.69, 9.17) is 5.73 Å². The molecule has 0 aliphatic carbocycles. The molecule has 6 heteroatoms. The van der Waals surface area contributed by atoms with E-state index in [0.717, 1.165) is 5.56 Å². The van der Waals surface area contributed by atoms with E-state index < -0.39 is 10.0 Å². The summed E-state index contributed by atoms with van der Waals surface area (Å²) in [7, 11) is -3.27. The molecular formula is C13H23ClN2O2S. The van der Waals surface area contributed by atoms with Crippen molar-refractivity contribution in [2.24, 2.45) is 11.1 Å². The first-order chi connectivity index (χ1) is 8.20. The SMILES string of the molecule is CC(C)(C)CS(=O)(=O)NCC(N)c1ccccc1.Cl. The molecule has 0 aliphatic rings. The van der Waals surface area contributed by atoms with Gasteiger partial charge in [0.2, 0.25) is 10.0 Å². The molecule has 1 rings (SSSR count). The maximum Gasteiger partial charge on any atom is 0.212 e. The lowest BCUT2D eigenvalue weighted by molar-refractivity contribution is 0.457. The van der Waals surface area contributed by atoms with Crippen molar-refractivity contribution >= 4 is 22.4 Å². The molecular weight excluding hydrogens is 284 g/mol. The molecule has 0 saturated heterocycles. The molecule has 0 spiro atoms. The number of nitrogens with two attached hydrogens (primary N) is 1. The van der Waals surface area contributed by atoms with E-state index in [0.29, 0.717) is 0 Å². The highest BCUT2D eigenvalue weighted by Crippen LogP contribution is 2.16. The van der Waals surface area contributed by atoms with Gasteiger partial charge in [-0.15, -0.1) is 12.4 Å². The Morgan fingerprint density at radius 2 is 1.74 bits per heavy atom. The molecule has 0 amide bonds. The molecule has 1 atom stereocenters. The van der Waals surface area contributed by atoms with Crippen LogP contribution in [0.15, 0.2) is 30.3 Å². The molecule has 1 aromatic rings.